The van der Waals surface area contributed by atoms with Gasteiger partial charge in [-0.1, -0.05) is 20.8 Å². The van der Waals surface area contributed by atoms with E-state index in [0.717, 1.165) is 28.7 Å². The van der Waals surface area contributed by atoms with E-state index in [4.69, 9.17) is 4.98 Å². The van der Waals surface area contributed by atoms with Crippen LogP contribution in [0, 0.1) is 5.92 Å². The van der Waals surface area contributed by atoms with Crippen LogP contribution in [-0.2, 0) is 0 Å². The van der Waals surface area contributed by atoms with Crippen molar-refractivity contribution in [3.63, 3.8) is 0 Å². The van der Waals surface area contributed by atoms with Crippen molar-refractivity contribution < 1.29 is 0 Å². The standard InChI is InChI=1S/C14H22BrN3/c1-9(2)14-16-12(15)8-13(17-14)18-6-5-10(3)7-11(18)4/h8-11H,5-7H2,1-4H3. The van der Waals surface area contributed by atoms with Gasteiger partial charge in [0.2, 0.25) is 0 Å². The average molecular weight is 312 g/mol. The van der Waals surface area contributed by atoms with Gasteiger partial charge in [0, 0.05) is 24.6 Å². The maximum absolute atomic E-state index is 4.72. The zero-order chi connectivity index (χ0) is 13.3. The first-order valence-electron chi connectivity index (χ1n) is 6.78. The highest BCUT2D eigenvalue weighted by molar-refractivity contribution is 9.10. The van der Waals surface area contributed by atoms with Crippen LogP contribution < -0.4 is 4.90 Å². The monoisotopic (exact) mass is 311 g/mol. The molecular formula is C14H22BrN3. The second-order valence-electron chi connectivity index (χ2n) is 5.73. The van der Waals surface area contributed by atoms with Gasteiger partial charge in [-0.05, 0) is 41.6 Å². The fourth-order valence-corrected chi connectivity index (χ4v) is 2.96. The fraction of sp³-hybridized carbons (Fsp3) is 0.714. The molecule has 2 rings (SSSR count). The molecule has 0 saturated carbocycles. The molecule has 18 heavy (non-hydrogen) atoms. The largest absolute Gasteiger partial charge is 0.354 e. The van der Waals surface area contributed by atoms with Crippen molar-refractivity contribution in [2.75, 3.05) is 11.4 Å². The second kappa shape index (κ2) is 5.55. The van der Waals surface area contributed by atoms with Gasteiger partial charge in [-0.25, -0.2) is 9.97 Å². The van der Waals surface area contributed by atoms with Crippen molar-refractivity contribution in [1.29, 1.82) is 0 Å². The molecule has 2 heterocycles. The zero-order valence-electron chi connectivity index (χ0n) is 11.7. The van der Waals surface area contributed by atoms with Crippen LogP contribution in [0.25, 0.3) is 0 Å². The van der Waals surface area contributed by atoms with Gasteiger partial charge in [-0.15, -0.1) is 0 Å². The van der Waals surface area contributed by atoms with Crippen LogP contribution in [0.1, 0.15) is 52.3 Å². The lowest BCUT2D eigenvalue weighted by Crippen LogP contribution is -2.40. The molecular weight excluding hydrogens is 290 g/mol. The van der Waals surface area contributed by atoms with Crippen LogP contribution >= 0.6 is 15.9 Å². The number of hydrogen-bond donors (Lipinski definition) is 0. The lowest BCUT2D eigenvalue weighted by molar-refractivity contribution is 0.375. The van der Waals surface area contributed by atoms with Gasteiger partial charge in [0.25, 0.3) is 0 Å². The van der Waals surface area contributed by atoms with Crippen molar-refractivity contribution in [3.8, 4) is 0 Å². The first-order valence-corrected chi connectivity index (χ1v) is 7.57. The van der Waals surface area contributed by atoms with E-state index in [9.17, 15) is 0 Å². The summed E-state index contributed by atoms with van der Waals surface area (Å²) >= 11 is 3.50. The molecule has 1 aliphatic rings. The molecule has 100 valence electrons. The lowest BCUT2D eigenvalue weighted by atomic mass is 9.93. The number of piperidine rings is 1. The smallest absolute Gasteiger partial charge is 0.134 e. The third-order valence-corrected chi connectivity index (χ3v) is 4.05. The number of hydrogen-bond acceptors (Lipinski definition) is 3. The lowest BCUT2D eigenvalue weighted by Gasteiger charge is -2.37. The van der Waals surface area contributed by atoms with E-state index in [1.54, 1.807) is 0 Å². The highest BCUT2D eigenvalue weighted by atomic mass is 79.9. The molecule has 0 aromatic carbocycles. The summed E-state index contributed by atoms with van der Waals surface area (Å²) in [6.07, 6.45) is 2.50. The van der Waals surface area contributed by atoms with Gasteiger partial charge in [0.05, 0.1) is 0 Å². The Morgan fingerprint density at radius 3 is 2.67 bits per heavy atom. The predicted molar refractivity (Wildman–Crippen MR) is 79.0 cm³/mol. The van der Waals surface area contributed by atoms with Crippen LogP contribution in [-0.4, -0.2) is 22.6 Å². The summed E-state index contributed by atoms with van der Waals surface area (Å²) in [6, 6.07) is 2.61. The van der Waals surface area contributed by atoms with Gasteiger partial charge in [0.15, 0.2) is 0 Å². The van der Waals surface area contributed by atoms with Gasteiger partial charge >= 0.3 is 0 Å². The summed E-state index contributed by atoms with van der Waals surface area (Å²) in [7, 11) is 0. The molecule has 1 aromatic rings. The molecule has 0 radical (unpaired) electrons. The number of aromatic nitrogens is 2. The maximum atomic E-state index is 4.72. The third kappa shape index (κ3) is 3.02. The quantitative estimate of drug-likeness (QED) is 0.773. The van der Waals surface area contributed by atoms with Crippen molar-refractivity contribution in [1.82, 2.24) is 9.97 Å². The summed E-state index contributed by atoms with van der Waals surface area (Å²) in [5.41, 5.74) is 0. The van der Waals surface area contributed by atoms with Gasteiger partial charge < -0.3 is 4.90 Å². The van der Waals surface area contributed by atoms with E-state index < -0.39 is 0 Å². The van der Waals surface area contributed by atoms with Crippen LogP contribution in [0.4, 0.5) is 5.82 Å². The Kier molecular flexibility index (Phi) is 4.25. The predicted octanol–water partition coefficient (Wildman–Crippen LogP) is 3.99. The molecule has 0 amide bonds. The van der Waals surface area contributed by atoms with Crippen LogP contribution in [0.15, 0.2) is 10.7 Å². The van der Waals surface area contributed by atoms with E-state index in [2.05, 4.69) is 53.5 Å². The van der Waals surface area contributed by atoms with E-state index in [1.165, 1.54) is 12.8 Å². The molecule has 0 aliphatic carbocycles. The van der Waals surface area contributed by atoms with Crippen LogP contribution in [0.5, 0.6) is 0 Å². The number of halogens is 1. The zero-order valence-corrected chi connectivity index (χ0v) is 13.2. The Labute approximate surface area is 118 Å². The minimum Gasteiger partial charge on any atom is -0.354 e. The van der Waals surface area contributed by atoms with Crippen molar-refractivity contribution in [3.05, 3.63) is 16.5 Å². The Morgan fingerprint density at radius 1 is 1.33 bits per heavy atom. The first kappa shape index (κ1) is 13.8. The highest BCUT2D eigenvalue weighted by Crippen LogP contribution is 2.28. The number of anilines is 1. The molecule has 1 fully saturated rings. The molecule has 0 spiro atoms. The molecule has 2 atom stereocenters. The van der Waals surface area contributed by atoms with Crippen molar-refractivity contribution in [2.45, 2.75) is 52.5 Å². The van der Waals surface area contributed by atoms with Gasteiger partial charge in [0.1, 0.15) is 16.2 Å². The minimum atomic E-state index is 0.361. The van der Waals surface area contributed by atoms with Crippen LogP contribution in [0.2, 0.25) is 0 Å². The summed E-state index contributed by atoms with van der Waals surface area (Å²) in [4.78, 5) is 11.6. The maximum Gasteiger partial charge on any atom is 0.134 e. The fourth-order valence-electron chi connectivity index (χ4n) is 2.58. The molecule has 1 aromatic heterocycles. The Balaban J connectivity index is 2.27. The van der Waals surface area contributed by atoms with Gasteiger partial charge in [-0.2, -0.15) is 0 Å². The number of rotatable bonds is 2. The van der Waals surface area contributed by atoms with E-state index in [-0.39, 0.29) is 0 Å². The Hall–Kier alpha value is -0.640. The summed E-state index contributed by atoms with van der Waals surface area (Å²) in [5, 5.41) is 0. The molecule has 4 heteroatoms. The number of nitrogens with zero attached hydrogens (tertiary/aromatic N) is 3. The highest BCUT2D eigenvalue weighted by Gasteiger charge is 2.24. The molecule has 2 unspecified atom stereocenters. The average Bonchev–Trinajstić information content (AvgIpc) is 2.27. The normalized spacial score (nSPS) is 24.7. The Morgan fingerprint density at radius 2 is 2.06 bits per heavy atom. The van der Waals surface area contributed by atoms with E-state index >= 15 is 0 Å². The topological polar surface area (TPSA) is 29.0 Å². The first-order chi connectivity index (χ1) is 8.47. The summed E-state index contributed by atoms with van der Waals surface area (Å²) in [5.74, 6) is 3.18. The SMILES string of the molecule is CC1CCN(c2cc(Br)nc(C(C)C)n2)C(C)C1. The summed E-state index contributed by atoms with van der Waals surface area (Å²) in [6.45, 7) is 9.99. The summed E-state index contributed by atoms with van der Waals surface area (Å²) < 4.78 is 0.891. The molecule has 1 aliphatic heterocycles. The second-order valence-corrected chi connectivity index (χ2v) is 6.55. The minimum absolute atomic E-state index is 0.361. The van der Waals surface area contributed by atoms with Crippen molar-refractivity contribution in [2.24, 2.45) is 5.92 Å². The molecule has 0 N–H and O–H groups in total. The molecule has 3 nitrogen and oxygen atoms in total. The van der Waals surface area contributed by atoms with Crippen LogP contribution in [0.3, 0.4) is 0 Å². The molecule has 0 bridgehead atoms. The Bertz CT molecular complexity index is 420. The van der Waals surface area contributed by atoms with E-state index in [1.807, 2.05) is 6.07 Å². The van der Waals surface area contributed by atoms with Crippen molar-refractivity contribution >= 4 is 21.7 Å². The van der Waals surface area contributed by atoms with E-state index in [0.29, 0.717) is 12.0 Å². The molecule has 1 saturated heterocycles. The third-order valence-electron chi connectivity index (χ3n) is 3.65. The van der Waals surface area contributed by atoms with Gasteiger partial charge in [-0.3, -0.25) is 0 Å².